The summed E-state index contributed by atoms with van der Waals surface area (Å²) in [6, 6.07) is 20.7. The molecule has 0 bridgehead atoms. The number of carbonyl (C=O) groups is 1. The number of carbonyl (C=O) groups excluding carboxylic acids is 1. The van der Waals surface area contributed by atoms with Crippen LogP contribution in [0.5, 0.6) is 0 Å². The van der Waals surface area contributed by atoms with Crippen LogP contribution in [-0.2, 0) is 17.7 Å². The zero-order chi connectivity index (χ0) is 21.2. The Hall–Kier alpha value is -3.18. The van der Waals surface area contributed by atoms with E-state index in [9.17, 15) is 9.18 Å². The molecule has 0 atom stereocenters. The zero-order valence-corrected chi connectivity index (χ0v) is 17.4. The predicted octanol–water partition coefficient (Wildman–Crippen LogP) is 4.53. The Morgan fingerprint density at radius 3 is 2.39 bits per heavy atom. The standard InChI is InChI=1S/C26H25FN2O2/c27-25-8-4-3-7-22(25)24-17-21(28-13-15-31-16-14-28)9-10-23(24)26(30)29-12-11-19-5-1-2-6-20(19)18-29/h1-10,17H,11-16,18H2. The maximum Gasteiger partial charge on any atom is 0.254 e. The molecule has 1 amide bonds. The van der Waals surface area contributed by atoms with Crippen molar-refractivity contribution >= 4 is 11.6 Å². The number of anilines is 1. The van der Waals surface area contributed by atoms with Crippen LogP contribution in [0.2, 0.25) is 0 Å². The number of halogens is 1. The Kier molecular flexibility index (Phi) is 5.43. The van der Waals surface area contributed by atoms with Gasteiger partial charge in [0, 0.05) is 43.0 Å². The molecule has 1 fully saturated rings. The van der Waals surface area contributed by atoms with E-state index in [4.69, 9.17) is 4.74 Å². The quantitative estimate of drug-likeness (QED) is 0.629. The molecular formula is C26H25FN2O2. The molecule has 0 saturated carbocycles. The molecule has 2 aliphatic rings. The van der Waals surface area contributed by atoms with Crippen LogP contribution in [0.4, 0.5) is 10.1 Å². The Labute approximate surface area is 181 Å². The maximum absolute atomic E-state index is 14.8. The Morgan fingerprint density at radius 1 is 0.839 bits per heavy atom. The number of rotatable bonds is 3. The molecule has 0 unspecified atom stereocenters. The summed E-state index contributed by atoms with van der Waals surface area (Å²) < 4.78 is 20.2. The van der Waals surface area contributed by atoms with Crippen LogP contribution < -0.4 is 4.90 Å². The van der Waals surface area contributed by atoms with Gasteiger partial charge in [-0.05, 0) is 47.4 Å². The van der Waals surface area contributed by atoms with Crippen molar-refractivity contribution in [1.29, 1.82) is 0 Å². The van der Waals surface area contributed by atoms with Gasteiger partial charge in [0.25, 0.3) is 5.91 Å². The summed E-state index contributed by atoms with van der Waals surface area (Å²) in [6.45, 7) is 4.15. The second-order valence-electron chi connectivity index (χ2n) is 8.05. The summed E-state index contributed by atoms with van der Waals surface area (Å²) in [7, 11) is 0. The molecule has 2 aliphatic heterocycles. The third-order valence-electron chi connectivity index (χ3n) is 6.19. The minimum atomic E-state index is -0.320. The summed E-state index contributed by atoms with van der Waals surface area (Å²) in [5.74, 6) is -0.374. The minimum Gasteiger partial charge on any atom is -0.378 e. The van der Waals surface area contributed by atoms with Crippen LogP contribution in [0, 0.1) is 5.82 Å². The van der Waals surface area contributed by atoms with Gasteiger partial charge in [0.15, 0.2) is 0 Å². The molecule has 5 rings (SSSR count). The number of amides is 1. The van der Waals surface area contributed by atoms with Gasteiger partial charge in [0.1, 0.15) is 5.82 Å². The molecule has 4 nitrogen and oxygen atoms in total. The number of nitrogens with zero attached hydrogens (tertiary/aromatic N) is 2. The van der Waals surface area contributed by atoms with Crippen molar-refractivity contribution in [3.8, 4) is 11.1 Å². The van der Waals surface area contributed by atoms with Crippen LogP contribution in [0.15, 0.2) is 66.7 Å². The fourth-order valence-electron chi connectivity index (χ4n) is 4.48. The summed E-state index contributed by atoms with van der Waals surface area (Å²) in [6.07, 6.45) is 0.836. The van der Waals surface area contributed by atoms with Gasteiger partial charge in [-0.3, -0.25) is 4.79 Å². The lowest BCUT2D eigenvalue weighted by Gasteiger charge is -2.31. The van der Waals surface area contributed by atoms with Gasteiger partial charge in [0.2, 0.25) is 0 Å². The highest BCUT2D eigenvalue weighted by molar-refractivity contribution is 6.01. The van der Waals surface area contributed by atoms with E-state index in [0.717, 1.165) is 25.2 Å². The van der Waals surface area contributed by atoms with Gasteiger partial charge in [0.05, 0.1) is 13.2 Å². The minimum absolute atomic E-state index is 0.0544. The largest absolute Gasteiger partial charge is 0.378 e. The Bertz CT molecular complexity index is 1110. The van der Waals surface area contributed by atoms with Crippen LogP contribution >= 0.6 is 0 Å². The van der Waals surface area contributed by atoms with Crippen LogP contribution in [0.1, 0.15) is 21.5 Å². The van der Waals surface area contributed by atoms with E-state index >= 15 is 0 Å². The van der Waals surface area contributed by atoms with Crippen molar-refractivity contribution in [2.45, 2.75) is 13.0 Å². The molecule has 0 radical (unpaired) electrons. The monoisotopic (exact) mass is 416 g/mol. The summed E-state index contributed by atoms with van der Waals surface area (Å²) in [4.78, 5) is 17.7. The summed E-state index contributed by atoms with van der Waals surface area (Å²) in [5, 5.41) is 0. The van der Waals surface area contributed by atoms with E-state index in [2.05, 4.69) is 17.0 Å². The number of ether oxygens (including phenoxy) is 1. The first-order valence-electron chi connectivity index (χ1n) is 10.8. The summed E-state index contributed by atoms with van der Waals surface area (Å²) >= 11 is 0. The first-order chi connectivity index (χ1) is 15.2. The number of hydrogen-bond acceptors (Lipinski definition) is 3. The number of benzene rings is 3. The second-order valence-corrected chi connectivity index (χ2v) is 8.05. The molecule has 1 saturated heterocycles. The molecule has 0 aliphatic carbocycles. The number of fused-ring (bicyclic) bond motifs is 1. The molecule has 3 aromatic rings. The molecule has 2 heterocycles. The normalized spacial score (nSPS) is 16.2. The van der Waals surface area contributed by atoms with Crippen molar-refractivity contribution in [2.24, 2.45) is 0 Å². The van der Waals surface area contributed by atoms with Gasteiger partial charge in [-0.25, -0.2) is 4.39 Å². The summed E-state index contributed by atoms with van der Waals surface area (Å²) in [5.41, 5.74) is 5.11. The number of hydrogen-bond donors (Lipinski definition) is 0. The average Bonchev–Trinajstić information content (AvgIpc) is 2.84. The average molecular weight is 416 g/mol. The second kappa shape index (κ2) is 8.52. The van der Waals surface area contributed by atoms with E-state index in [0.29, 0.717) is 43.0 Å². The van der Waals surface area contributed by atoms with E-state index in [-0.39, 0.29) is 11.7 Å². The third-order valence-corrected chi connectivity index (χ3v) is 6.19. The number of morpholine rings is 1. The molecule has 0 spiro atoms. The van der Waals surface area contributed by atoms with Gasteiger partial charge in [-0.15, -0.1) is 0 Å². The molecule has 5 heteroatoms. The van der Waals surface area contributed by atoms with E-state index < -0.39 is 0 Å². The van der Waals surface area contributed by atoms with Gasteiger partial charge >= 0.3 is 0 Å². The third kappa shape index (κ3) is 3.93. The fourth-order valence-corrected chi connectivity index (χ4v) is 4.48. The lowest BCUT2D eigenvalue weighted by atomic mass is 9.95. The van der Waals surface area contributed by atoms with Gasteiger partial charge in [-0.2, -0.15) is 0 Å². The highest BCUT2D eigenvalue weighted by atomic mass is 19.1. The molecule has 3 aromatic carbocycles. The highest BCUT2D eigenvalue weighted by Crippen LogP contribution is 2.32. The van der Waals surface area contributed by atoms with E-state index in [1.165, 1.54) is 17.2 Å². The van der Waals surface area contributed by atoms with Crippen molar-refractivity contribution in [3.63, 3.8) is 0 Å². The van der Waals surface area contributed by atoms with Crippen LogP contribution in [-0.4, -0.2) is 43.7 Å². The van der Waals surface area contributed by atoms with Crippen LogP contribution in [0.3, 0.4) is 0 Å². The first-order valence-corrected chi connectivity index (χ1v) is 10.8. The predicted molar refractivity (Wildman–Crippen MR) is 120 cm³/mol. The van der Waals surface area contributed by atoms with Gasteiger partial charge < -0.3 is 14.5 Å². The van der Waals surface area contributed by atoms with Gasteiger partial charge in [-0.1, -0.05) is 42.5 Å². The van der Waals surface area contributed by atoms with Crippen molar-refractivity contribution < 1.29 is 13.9 Å². The molecule has 0 N–H and O–H groups in total. The topological polar surface area (TPSA) is 32.8 Å². The highest BCUT2D eigenvalue weighted by Gasteiger charge is 2.25. The first kappa shape index (κ1) is 19.8. The lowest BCUT2D eigenvalue weighted by molar-refractivity contribution is 0.0735. The van der Waals surface area contributed by atoms with Crippen molar-refractivity contribution in [2.75, 3.05) is 37.7 Å². The smallest absolute Gasteiger partial charge is 0.254 e. The maximum atomic E-state index is 14.8. The zero-order valence-electron chi connectivity index (χ0n) is 17.4. The van der Waals surface area contributed by atoms with Crippen molar-refractivity contribution in [1.82, 2.24) is 4.90 Å². The fraction of sp³-hybridized carbons (Fsp3) is 0.269. The molecule has 158 valence electrons. The lowest BCUT2D eigenvalue weighted by Crippen LogP contribution is -2.37. The van der Waals surface area contributed by atoms with E-state index in [1.807, 2.05) is 41.3 Å². The van der Waals surface area contributed by atoms with Crippen LogP contribution in [0.25, 0.3) is 11.1 Å². The molecule has 31 heavy (non-hydrogen) atoms. The Balaban J connectivity index is 1.53. The SMILES string of the molecule is O=C(c1ccc(N2CCOCC2)cc1-c1ccccc1F)N1CCc2ccccc2C1. The Morgan fingerprint density at radius 2 is 1.58 bits per heavy atom. The van der Waals surface area contributed by atoms with Crippen molar-refractivity contribution in [3.05, 3.63) is 89.2 Å². The van der Waals surface area contributed by atoms with E-state index in [1.54, 1.807) is 12.1 Å². The molecular weight excluding hydrogens is 391 g/mol. The molecule has 0 aromatic heterocycles.